The molecule has 0 saturated heterocycles. The van der Waals surface area contributed by atoms with Gasteiger partial charge < -0.3 is 14.2 Å². The first-order valence-electron chi connectivity index (χ1n) is 8.17. The van der Waals surface area contributed by atoms with Crippen LogP contribution in [0.25, 0.3) is 11.1 Å². The van der Waals surface area contributed by atoms with E-state index in [9.17, 15) is 9.59 Å². The molecule has 0 atom stereocenters. The van der Waals surface area contributed by atoms with Gasteiger partial charge in [-0.1, -0.05) is 37.3 Å². The van der Waals surface area contributed by atoms with Crippen molar-refractivity contribution in [3.8, 4) is 16.9 Å². The minimum Gasteiger partial charge on any atom is -0.492 e. The van der Waals surface area contributed by atoms with Gasteiger partial charge in [0, 0.05) is 11.1 Å². The standard InChI is InChI=1S/C19H22O5/c1-4-12-24-19(21)16-14-11-9-7-8-10-13(14)15(17(16)22-5-2)18(20)23-6-3/h7-11H,4-6,12H2,1-3H3. The maximum atomic E-state index is 12.6. The highest BCUT2D eigenvalue weighted by atomic mass is 16.5. The summed E-state index contributed by atoms with van der Waals surface area (Å²) in [5, 5.41) is 0. The molecular formula is C19H22O5. The van der Waals surface area contributed by atoms with Crippen LogP contribution < -0.4 is 4.74 Å². The molecule has 24 heavy (non-hydrogen) atoms. The van der Waals surface area contributed by atoms with Crippen LogP contribution in [0.5, 0.6) is 5.75 Å². The van der Waals surface area contributed by atoms with E-state index in [4.69, 9.17) is 14.2 Å². The highest BCUT2D eigenvalue weighted by molar-refractivity contribution is 6.12. The fraction of sp³-hybridized carbons (Fsp3) is 0.368. The lowest BCUT2D eigenvalue weighted by Crippen LogP contribution is -2.10. The summed E-state index contributed by atoms with van der Waals surface area (Å²) in [5.41, 5.74) is 1.78. The molecule has 5 heteroatoms. The topological polar surface area (TPSA) is 61.8 Å². The van der Waals surface area contributed by atoms with Gasteiger partial charge in [0.1, 0.15) is 16.9 Å². The van der Waals surface area contributed by atoms with Crippen LogP contribution >= 0.6 is 0 Å². The Morgan fingerprint density at radius 2 is 1.42 bits per heavy atom. The van der Waals surface area contributed by atoms with Crippen molar-refractivity contribution in [1.82, 2.24) is 0 Å². The Hall–Kier alpha value is -2.56. The molecule has 2 aliphatic rings. The fourth-order valence-electron chi connectivity index (χ4n) is 2.52. The Morgan fingerprint density at radius 1 is 0.833 bits per heavy atom. The normalized spacial score (nSPS) is 10.5. The van der Waals surface area contributed by atoms with Crippen molar-refractivity contribution in [2.45, 2.75) is 27.2 Å². The summed E-state index contributed by atoms with van der Waals surface area (Å²) in [4.78, 5) is 25.0. The third kappa shape index (κ3) is 3.50. The molecule has 0 aromatic heterocycles. The molecule has 0 N–H and O–H groups in total. The van der Waals surface area contributed by atoms with Gasteiger partial charge in [0.2, 0.25) is 0 Å². The van der Waals surface area contributed by atoms with Crippen molar-refractivity contribution in [2.75, 3.05) is 19.8 Å². The van der Waals surface area contributed by atoms with Crippen LogP contribution in [0.3, 0.4) is 0 Å². The van der Waals surface area contributed by atoms with Gasteiger partial charge in [-0.3, -0.25) is 0 Å². The molecule has 0 aromatic rings. The number of ether oxygens (including phenoxy) is 3. The van der Waals surface area contributed by atoms with Crippen LogP contribution in [0.1, 0.15) is 47.9 Å². The van der Waals surface area contributed by atoms with Gasteiger partial charge in [0.05, 0.1) is 19.8 Å². The summed E-state index contributed by atoms with van der Waals surface area (Å²) in [6.07, 6.45) is 0.715. The van der Waals surface area contributed by atoms with Crippen LogP contribution in [-0.4, -0.2) is 31.8 Å². The zero-order valence-electron chi connectivity index (χ0n) is 14.3. The van der Waals surface area contributed by atoms with Crippen LogP contribution in [0.4, 0.5) is 0 Å². The Morgan fingerprint density at radius 3 is 1.92 bits per heavy atom. The Labute approximate surface area is 141 Å². The highest BCUT2D eigenvalue weighted by Crippen LogP contribution is 2.42. The molecule has 0 unspecified atom stereocenters. The molecule has 0 aromatic carbocycles. The first-order valence-corrected chi connectivity index (χ1v) is 8.17. The third-order valence-corrected chi connectivity index (χ3v) is 3.44. The van der Waals surface area contributed by atoms with Crippen molar-refractivity contribution in [3.05, 3.63) is 41.5 Å². The Kier molecular flexibility index (Phi) is 6.18. The largest absolute Gasteiger partial charge is 0.492 e. The lowest BCUT2D eigenvalue weighted by molar-refractivity contribution is 0.0502. The molecular weight excluding hydrogens is 308 g/mol. The predicted molar refractivity (Wildman–Crippen MR) is 90.8 cm³/mol. The second-order valence-electron chi connectivity index (χ2n) is 5.11. The average molecular weight is 330 g/mol. The van der Waals surface area contributed by atoms with Gasteiger partial charge >= 0.3 is 11.9 Å². The van der Waals surface area contributed by atoms with E-state index >= 15 is 0 Å². The molecule has 0 aliphatic heterocycles. The second kappa shape index (κ2) is 8.34. The summed E-state index contributed by atoms with van der Waals surface area (Å²) in [7, 11) is 0. The van der Waals surface area contributed by atoms with Crippen LogP contribution in [0.2, 0.25) is 0 Å². The van der Waals surface area contributed by atoms with Crippen molar-refractivity contribution >= 4 is 11.9 Å². The number of hydrogen-bond acceptors (Lipinski definition) is 5. The number of rotatable bonds is 7. The van der Waals surface area contributed by atoms with Crippen LogP contribution in [0, 0.1) is 0 Å². The maximum Gasteiger partial charge on any atom is 0.342 e. The quantitative estimate of drug-likeness (QED) is 0.720. The smallest absolute Gasteiger partial charge is 0.342 e. The molecule has 128 valence electrons. The van der Waals surface area contributed by atoms with Gasteiger partial charge in [0.25, 0.3) is 0 Å². The Bertz CT molecular complexity index is 692. The van der Waals surface area contributed by atoms with Crippen molar-refractivity contribution in [3.63, 3.8) is 0 Å². The van der Waals surface area contributed by atoms with E-state index in [0.29, 0.717) is 30.8 Å². The third-order valence-electron chi connectivity index (χ3n) is 3.44. The summed E-state index contributed by atoms with van der Waals surface area (Å²) in [5.74, 6) is -0.767. The molecule has 5 nitrogen and oxygen atoms in total. The predicted octanol–water partition coefficient (Wildman–Crippen LogP) is 3.93. The van der Waals surface area contributed by atoms with Crippen molar-refractivity contribution in [2.24, 2.45) is 0 Å². The fourth-order valence-corrected chi connectivity index (χ4v) is 2.52. The highest BCUT2D eigenvalue weighted by Gasteiger charge is 2.33. The minimum absolute atomic E-state index is 0.234. The maximum absolute atomic E-state index is 12.6. The first kappa shape index (κ1) is 17.8. The molecule has 0 heterocycles. The monoisotopic (exact) mass is 330 g/mol. The summed E-state index contributed by atoms with van der Waals surface area (Å²) >= 11 is 0. The molecule has 0 saturated carbocycles. The zero-order valence-corrected chi connectivity index (χ0v) is 14.3. The molecule has 0 fully saturated rings. The second-order valence-corrected chi connectivity index (χ2v) is 5.11. The number of hydrogen-bond donors (Lipinski definition) is 0. The van der Waals surface area contributed by atoms with E-state index in [1.54, 1.807) is 26.0 Å². The first-order chi connectivity index (χ1) is 11.7. The zero-order chi connectivity index (χ0) is 17.5. The van der Waals surface area contributed by atoms with Gasteiger partial charge in [-0.2, -0.15) is 0 Å². The van der Waals surface area contributed by atoms with E-state index < -0.39 is 11.9 Å². The molecule has 0 spiro atoms. The molecule has 0 radical (unpaired) electrons. The van der Waals surface area contributed by atoms with Crippen LogP contribution in [0.15, 0.2) is 30.3 Å². The Balaban J connectivity index is 2.68. The average Bonchev–Trinajstić information content (AvgIpc) is 2.71. The van der Waals surface area contributed by atoms with Gasteiger partial charge in [-0.25, -0.2) is 9.59 Å². The number of fused-ring (bicyclic) bond motifs is 1. The summed E-state index contributed by atoms with van der Waals surface area (Å²) in [6.45, 7) is 6.33. The van der Waals surface area contributed by atoms with E-state index in [0.717, 1.165) is 0 Å². The van der Waals surface area contributed by atoms with Gasteiger partial charge in [0.15, 0.2) is 0 Å². The van der Waals surface area contributed by atoms with E-state index in [-0.39, 0.29) is 23.5 Å². The van der Waals surface area contributed by atoms with E-state index in [2.05, 4.69) is 0 Å². The van der Waals surface area contributed by atoms with Crippen molar-refractivity contribution in [1.29, 1.82) is 0 Å². The minimum atomic E-state index is -0.508. The molecule has 0 bridgehead atoms. The van der Waals surface area contributed by atoms with Crippen LogP contribution in [-0.2, 0) is 9.47 Å². The lowest BCUT2D eigenvalue weighted by atomic mass is 10.1. The molecule has 2 aliphatic carbocycles. The number of carbonyl (C=O) groups excluding carboxylic acids is 2. The summed E-state index contributed by atoms with van der Waals surface area (Å²) < 4.78 is 16.1. The molecule has 0 amide bonds. The van der Waals surface area contributed by atoms with Gasteiger partial charge in [-0.05, 0) is 20.3 Å². The lowest BCUT2D eigenvalue weighted by Gasteiger charge is -2.08. The summed E-state index contributed by atoms with van der Waals surface area (Å²) in [6, 6.07) is 9.01. The van der Waals surface area contributed by atoms with E-state index in [1.165, 1.54) is 0 Å². The van der Waals surface area contributed by atoms with E-state index in [1.807, 2.05) is 25.1 Å². The number of carbonyl (C=O) groups is 2. The van der Waals surface area contributed by atoms with Gasteiger partial charge in [-0.15, -0.1) is 0 Å². The van der Waals surface area contributed by atoms with Crippen molar-refractivity contribution < 1.29 is 23.8 Å². The number of esters is 2. The molecule has 2 rings (SSSR count). The SMILES string of the molecule is CCCOC(=O)c1c2cccccc-2c(C(=O)OCC)c1OCC.